The van der Waals surface area contributed by atoms with Crippen LogP contribution in [0, 0.1) is 5.92 Å². The summed E-state index contributed by atoms with van der Waals surface area (Å²) in [6.45, 7) is 5.32. The molecule has 1 unspecified atom stereocenters. The Morgan fingerprint density at radius 2 is 2.11 bits per heavy atom. The third-order valence-corrected chi connectivity index (χ3v) is 5.29. The van der Waals surface area contributed by atoms with E-state index in [0.717, 1.165) is 6.54 Å². The van der Waals surface area contributed by atoms with Gasteiger partial charge in [0.1, 0.15) is 6.04 Å². The molecule has 5 heteroatoms. The van der Waals surface area contributed by atoms with Gasteiger partial charge in [-0.1, -0.05) is 13.8 Å². The maximum absolute atomic E-state index is 12.5. The Morgan fingerprint density at radius 1 is 1.44 bits per heavy atom. The fraction of sp³-hybridized carbons (Fsp3) is 0.846. The predicted molar refractivity (Wildman–Crippen MR) is 73.4 cm³/mol. The lowest BCUT2D eigenvalue weighted by atomic mass is 10.0. The van der Waals surface area contributed by atoms with E-state index in [1.54, 1.807) is 0 Å². The summed E-state index contributed by atoms with van der Waals surface area (Å²) in [5, 5.41) is 2.85. The molecule has 1 saturated heterocycles. The molecular weight excluding hydrogens is 248 g/mol. The van der Waals surface area contributed by atoms with Crippen LogP contribution in [-0.2, 0) is 9.59 Å². The highest BCUT2D eigenvalue weighted by atomic mass is 32.2. The summed E-state index contributed by atoms with van der Waals surface area (Å²) in [4.78, 5) is 26.0. The number of hydrogen-bond donors (Lipinski definition) is 1. The molecule has 2 aliphatic rings. The minimum atomic E-state index is -0.349. The van der Waals surface area contributed by atoms with Crippen molar-refractivity contribution in [2.75, 3.05) is 19.3 Å². The average molecular weight is 270 g/mol. The Morgan fingerprint density at radius 3 is 2.61 bits per heavy atom. The maximum atomic E-state index is 12.5. The first-order chi connectivity index (χ1) is 8.47. The second-order valence-corrected chi connectivity index (χ2v) is 6.96. The Bertz CT molecular complexity index is 353. The first-order valence-corrected chi connectivity index (χ1v) is 7.83. The molecule has 0 aromatic carbocycles. The van der Waals surface area contributed by atoms with Crippen LogP contribution in [0.3, 0.4) is 0 Å². The highest BCUT2D eigenvalue weighted by Gasteiger charge is 2.45. The summed E-state index contributed by atoms with van der Waals surface area (Å²) in [5.41, 5.74) is 0. The van der Waals surface area contributed by atoms with Crippen molar-refractivity contribution < 1.29 is 9.59 Å². The van der Waals surface area contributed by atoms with Crippen LogP contribution >= 0.6 is 11.8 Å². The van der Waals surface area contributed by atoms with Gasteiger partial charge in [0.05, 0.1) is 0 Å². The van der Waals surface area contributed by atoms with Crippen molar-refractivity contribution in [3.05, 3.63) is 0 Å². The summed E-state index contributed by atoms with van der Waals surface area (Å²) in [6.07, 6.45) is 4.91. The van der Waals surface area contributed by atoms with Crippen molar-refractivity contribution in [2.45, 2.75) is 43.9 Å². The zero-order valence-electron chi connectivity index (χ0n) is 11.4. The molecule has 1 heterocycles. The number of amides is 2. The molecule has 0 aromatic rings. The van der Waals surface area contributed by atoms with E-state index >= 15 is 0 Å². The normalized spacial score (nSPS) is 27.1. The van der Waals surface area contributed by atoms with Crippen LogP contribution in [0.1, 0.15) is 33.1 Å². The second kappa shape index (κ2) is 5.11. The Balaban J connectivity index is 2.09. The number of carbonyl (C=O) groups excluding carboxylic acids is 2. The van der Waals surface area contributed by atoms with Gasteiger partial charge in [0, 0.05) is 24.3 Å². The van der Waals surface area contributed by atoms with Gasteiger partial charge >= 0.3 is 0 Å². The van der Waals surface area contributed by atoms with Crippen molar-refractivity contribution in [1.82, 2.24) is 10.2 Å². The third kappa shape index (κ3) is 2.82. The van der Waals surface area contributed by atoms with Crippen LogP contribution in [-0.4, -0.2) is 46.8 Å². The van der Waals surface area contributed by atoms with Crippen molar-refractivity contribution in [3.63, 3.8) is 0 Å². The van der Waals surface area contributed by atoms with Crippen LogP contribution in [0.2, 0.25) is 0 Å². The quantitative estimate of drug-likeness (QED) is 0.836. The molecule has 0 radical (unpaired) electrons. The molecule has 102 valence electrons. The molecule has 0 bridgehead atoms. The van der Waals surface area contributed by atoms with Gasteiger partial charge in [-0.15, -0.1) is 0 Å². The van der Waals surface area contributed by atoms with E-state index in [4.69, 9.17) is 0 Å². The largest absolute Gasteiger partial charge is 0.344 e. The van der Waals surface area contributed by atoms with Gasteiger partial charge in [-0.2, -0.15) is 11.8 Å². The number of thioether (sulfide) groups is 1. The SMILES string of the molecule is CSC1(CN2CCC(=O)NC(C(C)C)C2=O)CC1. The monoisotopic (exact) mass is 270 g/mol. The highest BCUT2D eigenvalue weighted by Crippen LogP contribution is 2.47. The molecule has 1 N–H and O–H groups in total. The van der Waals surface area contributed by atoms with E-state index in [0.29, 0.717) is 13.0 Å². The molecule has 2 fully saturated rings. The maximum Gasteiger partial charge on any atom is 0.245 e. The fourth-order valence-corrected chi connectivity index (χ4v) is 3.17. The van der Waals surface area contributed by atoms with Crippen molar-refractivity contribution in [3.8, 4) is 0 Å². The lowest BCUT2D eigenvalue weighted by molar-refractivity contribution is -0.134. The van der Waals surface area contributed by atoms with Crippen LogP contribution in [0.5, 0.6) is 0 Å². The number of hydrogen-bond acceptors (Lipinski definition) is 3. The summed E-state index contributed by atoms with van der Waals surface area (Å²) in [7, 11) is 0. The second-order valence-electron chi connectivity index (χ2n) is 5.69. The van der Waals surface area contributed by atoms with E-state index in [1.165, 1.54) is 12.8 Å². The first-order valence-electron chi connectivity index (χ1n) is 6.61. The Hall–Kier alpha value is -0.710. The summed E-state index contributed by atoms with van der Waals surface area (Å²) < 4.78 is 0.268. The van der Waals surface area contributed by atoms with Gasteiger partial charge in [0.15, 0.2) is 0 Å². The first kappa shape index (κ1) is 13.7. The van der Waals surface area contributed by atoms with Gasteiger partial charge in [-0.3, -0.25) is 9.59 Å². The number of rotatable bonds is 4. The zero-order valence-corrected chi connectivity index (χ0v) is 12.2. The minimum absolute atomic E-state index is 0.00134. The zero-order chi connectivity index (χ0) is 13.3. The molecule has 1 atom stereocenters. The highest BCUT2D eigenvalue weighted by molar-refractivity contribution is 8.00. The molecule has 1 aliphatic heterocycles. The smallest absolute Gasteiger partial charge is 0.245 e. The van der Waals surface area contributed by atoms with E-state index < -0.39 is 0 Å². The molecule has 2 rings (SSSR count). The lowest BCUT2D eigenvalue weighted by Gasteiger charge is -2.29. The van der Waals surface area contributed by atoms with Crippen LogP contribution in [0.4, 0.5) is 0 Å². The number of nitrogens with zero attached hydrogens (tertiary/aromatic N) is 1. The fourth-order valence-electron chi connectivity index (χ4n) is 2.37. The Labute approximate surface area is 113 Å². The van der Waals surface area contributed by atoms with Crippen LogP contribution in [0.15, 0.2) is 0 Å². The van der Waals surface area contributed by atoms with Gasteiger partial charge in [-0.05, 0) is 25.0 Å². The van der Waals surface area contributed by atoms with Gasteiger partial charge in [0.25, 0.3) is 0 Å². The third-order valence-electron chi connectivity index (χ3n) is 3.89. The van der Waals surface area contributed by atoms with Crippen molar-refractivity contribution in [2.24, 2.45) is 5.92 Å². The molecule has 2 amide bonds. The molecule has 1 aliphatic carbocycles. The van der Waals surface area contributed by atoms with Gasteiger partial charge in [0.2, 0.25) is 11.8 Å². The summed E-state index contributed by atoms with van der Waals surface area (Å²) in [5.74, 6) is 0.237. The van der Waals surface area contributed by atoms with Crippen LogP contribution < -0.4 is 5.32 Å². The van der Waals surface area contributed by atoms with E-state index in [9.17, 15) is 9.59 Å². The molecule has 4 nitrogen and oxygen atoms in total. The van der Waals surface area contributed by atoms with E-state index in [1.807, 2.05) is 30.5 Å². The molecule has 0 spiro atoms. The lowest BCUT2D eigenvalue weighted by Crippen LogP contribution is -2.49. The van der Waals surface area contributed by atoms with E-state index in [-0.39, 0.29) is 28.5 Å². The summed E-state index contributed by atoms with van der Waals surface area (Å²) >= 11 is 1.85. The molecule has 0 aromatic heterocycles. The topological polar surface area (TPSA) is 49.4 Å². The Kier molecular flexibility index (Phi) is 3.90. The number of nitrogens with one attached hydrogen (secondary N) is 1. The minimum Gasteiger partial charge on any atom is -0.344 e. The predicted octanol–water partition coefficient (Wildman–Crippen LogP) is 1.26. The summed E-state index contributed by atoms with van der Waals surface area (Å²) in [6, 6.07) is -0.349. The standard InChI is InChI=1S/C13H22N2O2S/c1-9(2)11-12(17)15(7-4-10(16)14-11)8-13(18-3)5-6-13/h9,11H,4-8H2,1-3H3,(H,14,16). The van der Waals surface area contributed by atoms with Crippen molar-refractivity contribution in [1.29, 1.82) is 0 Å². The van der Waals surface area contributed by atoms with Crippen molar-refractivity contribution >= 4 is 23.6 Å². The molecule has 1 saturated carbocycles. The average Bonchev–Trinajstić information content (AvgIpc) is 3.11. The van der Waals surface area contributed by atoms with Gasteiger partial charge < -0.3 is 10.2 Å². The molecular formula is C13H22N2O2S. The number of carbonyl (C=O) groups is 2. The van der Waals surface area contributed by atoms with Crippen LogP contribution in [0.25, 0.3) is 0 Å². The van der Waals surface area contributed by atoms with E-state index in [2.05, 4.69) is 11.6 Å². The van der Waals surface area contributed by atoms with Gasteiger partial charge in [-0.25, -0.2) is 0 Å². The molecule has 18 heavy (non-hydrogen) atoms.